The van der Waals surface area contributed by atoms with E-state index in [0.717, 1.165) is 0 Å². The summed E-state index contributed by atoms with van der Waals surface area (Å²) < 4.78 is 29.1. The maximum atomic E-state index is 11.0. The van der Waals surface area contributed by atoms with Crippen molar-refractivity contribution in [3.05, 3.63) is 0 Å². The minimum absolute atomic E-state index is 0.424. The van der Waals surface area contributed by atoms with Crippen LogP contribution >= 0.6 is 0 Å². The third-order valence-electron chi connectivity index (χ3n) is 1.62. The van der Waals surface area contributed by atoms with E-state index in [9.17, 15) is 22.8 Å². The van der Waals surface area contributed by atoms with Crippen molar-refractivity contribution < 1.29 is 32.5 Å². The molecule has 0 bridgehead atoms. The molecule has 10 heteroatoms. The Morgan fingerprint density at radius 2 is 2.00 bits per heavy atom. The molecule has 1 saturated heterocycles. The summed E-state index contributed by atoms with van der Waals surface area (Å²) in [7, 11) is -4.99. The van der Waals surface area contributed by atoms with Crippen LogP contribution in [0.5, 0.6) is 0 Å². The Hall–Kier alpha value is -1.68. The van der Waals surface area contributed by atoms with E-state index < -0.39 is 45.0 Å². The first-order valence-corrected chi connectivity index (χ1v) is 4.97. The molecule has 3 N–H and O–H groups in total. The molecule has 0 aromatic rings. The summed E-state index contributed by atoms with van der Waals surface area (Å²) in [4.78, 5) is 32.4. The van der Waals surface area contributed by atoms with Crippen LogP contribution in [0.15, 0.2) is 0 Å². The Bertz CT molecular complexity index is 409. The van der Waals surface area contributed by atoms with E-state index >= 15 is 0 Å². The fourth-order valence-electron chi connectivity index (χ4n) is 1.01. The van der Waals surface area contributed by atoms with E-state index in [-0.39, 0.29) is 0 Å². The average molecular weight is 238 g/mol. The van der Waals surface area contributed by atoms with Crippen LogP contribution in [0.4, 0.5) is 4.79 Å². The summed E-state index contributed by atoms with van der Waals surface area (Å²) in [5.74, 6) is -2.76. The number of nitrogens with zero attached hydrogens (tertiary/aromatic N) is 1. The highest BCUT2D eigenvalue weighted by molar-refractivity contribution is 7.84. The molecule has 0 spiro atoms. The van der Waals surface area contributed by atoms with Crippen molar-refractivity contribution in [1.82, 2.24) is 9.62 Å². The molecule has 15 heavy (non-hydrogen) atoms. The summed E-state index contributed by atoms with van der Waals surface area (Å²) in [6.07, 6.45) is -0.735. The Morgan fingerprint density at radius 1 is 1.47 bits per heavy atom. The fraction of sp³-hybridized carbons (Fsp3) is 0.400. The first-order valence-electron chi connectivity index (χ1n) is 3.57. The van der Waals surface area contributed by atoms with Gasteiger partial charge in [0, 0.05) is 0 Å². The number of aliphatic carboxylic acids is 1. The van der Waals surface area contributed by atoms with Gasteiger partial charge in [-0.1, -0.05) is 0 Å². The van der Waals surface area contributed by atoms with E-state index in [1.54, 1.807) is 5.32 Å². The van der Waals surface area contributed by atoms with Gasteiger partial charge in [-0.25, -0.2) is 9.59 Å². The van der Waals surface area contributed by atoms with Crippen molar-refractivity contribution in [2.75, 3.05) is 0 Å². The highest BCUT2D eigenvalue weighted by Gasteiger charge is 2.41. The monoisotopic (exact) mass is 238 g/mol. The van der Waals surface area contributed by atoms with Crippen LogP contribution in [0, 0.1) is 0 Å². The molecule has 1 unspecified atom stereocenters. The number of carboxylic acid groups (broad SMARTS) is 1. The van der Waals surface area contributed by atoms with Gasteiger partial charge >= 0.3 is 22.3 Å². The molecule has 1 aliphatic heterocycles. The summed E-state index contributed by atoms with van der Waals surface area (Å²) in [5, 5.41) is 10.2. The van der Waals surface area contributed by atoms with E-state index in [0.29, 0.717) is 0 Å². The number of hydrogen-bond acceptors (Lipinski definition) is 5. The zero-order valence-electron chi connectivity index (χ0n) is 7.08. The predicted molar refractivity (Wildman–Crippen MR) is 43.0 cm³/mol. The standard InChI is InChI=1S/C5H6N2O7S/c8-3-1-2(4(9)10)6-5(11)7(3)15(12,13)14/h2H,1H2,(H,6,11)(H,9,10)(H,12,13,14). The first kappa shape index (κ1) is 11.4. The third kappa shape index (κ3) is 2.22. The van der Waals surface area contributed by atoms with Gasteiger partial charge in [0.05, 0.1) is 6.42 Å². The van der Waals surface area contributed by atoms with Crippen LogP contribution in [-0.4, -0.2) is 46.3 Å². The maximum Gasteiger partial charge on any atom is 0.370 e. The molecule has 0 radical (unpaired) electrons. The van der Waals surface area contributed by atoms with Gasteiger partial charge in [0.15, 0.2) is 0 Å². The van der Waals surface area contributed by atoms with Crippen molar-refractivity contribution in [3.63, 3.8) is 0 Å². The van der Waals surface area contributed by atoms with Crippen molar-refractivity contribution in [3.8, 4) is 0 Å². The predicted octanol–water partition coefficient (Wildman–Crippen LogP) is -1.82. The SMILES string of the molecule is O=C(O)C1CC(=O)N(S(=O)(=O)O)C(=O)N1. The van der Waals surface area contributed by atoms with Gasteiger partial charge in [0.1, 0.15) is 6.04 Å². The van der Waals surface area contributed by atoms with Crippen LogP contribution in [0.3, 0.4) is 0 Å². The number of carbonyl (C=O) groups is 3. The van der Waals surface area contributed by atoms with Crippen LogP contribution < -0.4 is 5.32 Å². The first-order chi connectivity index (χ1) is 6.73. The molecular weight excluding hydrogens is 232 g/mol. The zero-order chi connectivity index (χ0) is 11.8. The van der Waals surface area contributed by atoms with Crippen molar-refractivity contribution >= 4 is 28.2 Å². The van der Waals surface area contributed by atoms with Crippen LogP contribution in [-0.2, 0) is 19.9 Å². The second-order valence-corrected chi connectivity index (χ2v) is 3.94. The lowest BCUT2D eigenvalue weighted by Gasteiger charge is -2.26. The number of carboxylic acids is 1. The summed E-state index contributed by atoms with van der Waals surface area (Å²) in [6, 6.07) is -2.97. The van der Waals surface area contributed by atoms with Gasteiger partial charge < -0.3 is 10.4 Å². The van der Waals surface area contributed by atoms with Crippen LogP contribution in [0.25, 0.3) is 0 Å². The van der Waals surface area contributed by atoms with Crippen molar-refractivity contribution in [2.45, 2.75) is 12.5 Å². The summed E-state index contributed by atoms with van der Waals surface area (Å²) in [5.41, 5.74) is 0. The number of carbonyl (C=O) groups excluding carboxylic acids is 2. The Labute approximate surface area is 83.5 Å². The van der Waals surface area contributed by atoms with E-state index in [1.807, 2.05) is 0 Å². The fourth-order valence-corrected chi connectivity index (χ4v) is 1.61. The molecule has 1 aliphatic rings. The van der Waals surface area contributed by atoms with Gasteiger partial charge in [0.2, 0.25) is 5.91 Å². The summed E-state index contributed by atoms with van der Waals surface area (Å²) in [6.45, 7) is 0. The number of imide groups is 1. The summed E-state index contributed by atoms with van der Waals surface area (Å²) >= 11 is 0. The molecule has 1 heterocycles. The maximum absolute atomic E-state index is 11.0. The molecule has 1 atom stereocenters. The normalized spacial score (nSPS) is 22.5. The van der Waals surface area contributed by atoms with Crippen molar-refractivity contribution in [2.24, 2.45) is 0 Å². The Morgan fingerprint density at radius 3 is 2.33 bits per heavy atom. The molecule has 0 aromatic heterocycles. The minimum atomic E-state index is -4.99. The largest absolute Gasteiger partial charge is 0.480 e. The van der Waals surface area contributed by atoms with Gasteiger partial charge in [-0.3, -0.25) is 9.35 Å². The molecule has 84 valence electrons. The molecule has 0 saturated carbocycles. The van der Waals surface area contributed by atoms with E-state index in [2.05, 4.69) is 0 Å². The number of urea groups is 1. The van der Waals surface area contributed by atoms with E-state index in [4.69, 9.17) is 9.66 Å². The van der Waals surface area contributed by atoms with E-state index in [1.165, 1.54) is 0 Å². The topological polar surface area (TPSA) is 141 Å². The molecular formula is C5H6N2O7S. The number of rotatable bonds is 2. The molecule has 9 nitrogen and oxygen atoms in total. The smallest absolute Gasteiger partial charge is 0.370 e. The van der Waals surface area contributed by atoms with Gasteiger partial charge in [-0.15, -0.1) is 4.31 Å². The number of hydrogen-bond donors (Lipinski definition) is 3. The minimum Gasteiger partial charge on any atom is -0.480 e. The number of amides is 3. The van der Waals surface area contributed by atoms with Gasteiger partial charge in [-0.05, 0) is 0 Å². The molecule has 0 aliphatic carbocycles. The Kier molecular flexibility index (Phi) is 2.64. The second kappa shape index (κ2) is 3.47. The lowest BCUT2D eigenvalue weighted by atomic mass is 10.2. The third-order valence-corrected chi connectivity index (χ3v) is 2.45. The molecule has 0 aromatic carbocycles. The molecule has 1 rings (SSSR count). The lowest BCUT2D eigenvalue weighted by molar-refractivity contribution is -0.143. The molecule has 1 fully saturated rings. The van der Waals surface area contributed by atoms with Crippen LogP contribution in [0.1, 0.15) is 6.42 Å². The van der Waals surface area contributed by atoms with Gasteiger partial charge in [0.25, 0.3) is 0 Å². The van der Waals surface area contributed by atoms with Crippen molar-refractivity contribution in [1.29, 1.82) is 0 Å². The highest BCUT2D eigenvalue weighted by Crippen LogP contribution is 2.11. The molecule has 3 amide bonds. The lowest BCUT2D eigenvalue weighted by Crippen LogP contribution is -2.58. The Balaban J connectivity index is 2.98. The average Bonchev–Trinajstić information content (AvgIpc) is 1.99. The highest BCUT2D eigenvalue weighted by atomic mass is 32.2. The van der Waals surface area contributed by atoms with Crippen LogP contribution in [0.2, 0.25) is 0 Å². The van der Waals surface area contributed by atoms with Gasteiger partial charge in [-0.2, -0.15) is 8.42 Å². The second-order valence-electron chi connectivity index (χ2n) is 2.68. The zero-order valence-corrected chi connectivity index (χ0v) is 7.89. The number of nitrogens with one attached hydrogen (secondary N) is 1. The quantitative estimate of drug-likeness (QED) is 0.481.